The first-order valence-corrected chi connectivity index (χ1v) is 6.45. The Balaban J connectivity index is 2.51. The zero-order chi connectivity index (χ0) is 13.3. The monoisotopic (exact) mass is 324 g/mol. The summed E-state index contributed by atoms with van der Waals surface area (Å²) in [5.74, 6) is -0.318. The molecule has 92 valence electrons. The molecule has 0 aliphatic rings. The number of aryl methyl sites for hydroxylation is 1. The molecule has 0 spiro atoms. The lowest BCUT2D eigenvalue weighted by molar-refractivity contribution is 0.103. The third-order valence-electron chi connectivity index (χ3n) is 2.51. The van der Waals surface area contributed by atoms with Gasteiger partial charge < -0.3 is 5.11 Å². The molecule has 0 aliphatic heterocycles. The van der Waals surface area contributed by atoms with Crippen molar-refractivity contribution in [2.24, 2.45) is 0 Å². The fraction of sp³-hybridized carbons (Fsp3) is 0.0714. The summed E-state index contributed by atoms with van der Waals surface area (Å²) in [6.45, 7) is 1.90. The second-order valence-corrected chi connectivity index (χ2v) is 5.36. The molecule has 0 amide bonds. The highest BCUT2D eigenvalue weighted by molar-refractivity contribution is 9.10. The summed E-state index contributed by atoms with van der Waals surface area (Å²) in [6, 6.07) is 9.83. The quantitative estimate of drug-likeness (QED) is 0.834. The number of halogens is 2. The number of benzene rings is 2. The molecule has 0 unspecified atom stereocenters. The van der Waals surface area contributed by atoms with Crippen LogP contribution in [0.4, 0.5) is 0 Å². The van der Waals surface area contributed by atoms with Gasteiger partial charge in [-0.05, 0) is 48.9 Å². The molecule has 1 N–H and O–H groups in total. The molecule has 0 atom stereocenters. The Morgan fingerprint density at radius 1 is 1.22 bits per heavy atom. The molecule has 0 aliphatic carbocycles. The van der Waals surface area contributed by atoms with Gasteiger partial charge in [-0.25, -0.2) is 0 Å². The van der Waals surface area contributed by atoms with E-state index in [4.69, 9.17) is 11.6 Å². The van der Waals surface area contributed by atoms with Crippen LogP contribution in [-0.4, -0.2) is 10.9 Å². The molecule has 0 saturated carbocycles. The van der Waals surface area contributed by atoms with Crippen LogP contribution < -0.4 is 0 Å². The number of rotatable bonds is 2. The average molecular weight is 326 g/mol. The molecule has 2 aromatic rings. The van der Waals surface area contributed by atoms with Crippen LogP contribution in [0.1, 0.15) is 21.5 Å². The Hall–Kier alpha value is -1.32. The summed E-state index contributed by atoms with van der Waals surface area (Å²) in [4.78, 5) is 12.3. The number of carbonyl (C=O) groups excluding carboxylic acids is 1. The Labute approximate surface area is 118 Å². The van der Waals surface area contributed by atoms with E-state index in [0.29, 0.717) is 10.6 Å². The number of phenols is 1. The molecule has 2 aromatic carbocycles. The van der Waals surface area contributed by atoms with Crippen molar-refractivity contribution in [2.75, 3.05) is 0 Å². The van der Waals surface area contributed by atoms with Crippen LogP contribution in [-0.2, 0) is 0 Å². The molecule has 0 saturated heterocycles. The molecule has 0 radical (unpaired) electrons. The number of ketones is 1. The molecule has 0 fully saturated rings. The minimum atomic E-state index is -0.251. The van der Waals surface area contributed by atoms with Gasteiger partial charge in [0.2, 0.25) is 0 Å². The van der Waals surface area contributed by atoms with Gasteiger partial charge in [0.05, 0.1) is 5.56 Å². The van der Waals surface area contributed by atoms with Crippen molar-refractivity contribution in [3.63, 3.8) is 0 Å². The Bertz CT molecular complexity index is 603. The van der Waals surface area contributed by atoms with Gasteiger partial charge in [0, 0.05) is 15.1 Å². The molecule has 18 heavy (non-hydrogen) atoms. The Kier molecular flexibility index (Phi) is 3.73. The van der Waals surface area contributed by atoms with E-state index in [9.17, 15) is 9.90 Å². The first-order valence-electron chi connectivity index (χ1n) is 5.28. The molecule has 2 rings (SSSR count). The summed E-state index contributed by atoms with van der Waals surface area (Å²) in [7, 11) is 0. The lowest BCUT2D eigenvalue weighted by atomic mass is 10.0. The summed E-state index contributed by atoms with van der Waals surface area (Å²) < 4.78 is 0.826. The van der Waals surface area contributed by atoms with Crippen LogP contribution in [0.15, 0.2) is 40.9 Å². The lowest BCUT2D eigenvalue weighted by Gasteiger charge is -2.06. The minimum Gasteiger partial charge on any atom is -0.507 e. The van der Waals surface area contributed by atoms with Gasteiger partial charge in [0.15, 0.2) is 5.78 Å². The maximum Gasteiger partial charge on any atom is 0.196 e. The van der Waals surface area contributed by atoms with E-state index in [1.165, 1.54) is 12.1 Å². The van der Waals surface area contributed by atoms with E-state index in [1.54, 1.807) is 18.2 Å². The van der Waals surface area contributed by atoms with E-state index in [-0.39, 0.29) is 17.1 Å². The van der Waals surface area contributed by atoms with Gasteiger partial charge >= 0.3 is 0 Å². The van der Waals surface area contributed by atoms with Crippen molar-refractivity contribution in [3.05, 3.63) is 62.6 Å². The highest BCUT2D eigenvalue weighted by atomic mass is 79.9. The molecular weight excluding hydrogens is 316 g/mol. The predicted octanol–water partition coefficient (Wildman–Crippen LogP) is 4.35. The predicted molar refractivity (Wildman–Crippen MR) is 75.4 cm³/mol. The van der Waals surface area contributed by atoms with E-state index in [0.717, 1.165) is 10.0 Å². The maximum atomic E-state index is 12.3. The van der Waals surface area contributed by atoms with E-state index in [2.05, 4.69) is 15.9 Å². The summed E-state index contributed by atoms with van der Waals surface area (Å²) in [5, 5.41) is 10.1. The van der Waals surface area contributed by atoms with Gasteiger partial charge in [0.1, 0.15) is 5.75 Å². The Morgan fingerprint density at radius 2 is 1.94 bits per heavy atom. The summed E-state index contributed by atoms with van der Waals surface area (Å²) in [5.41, 5.74) is 1.69. The first-order chi connectivity index (χ1) is 8.47. The van der Waals surface area contributed by atoms with Crippen LogP contribution in [0, 0.1) is 6.92 Å². The van der Waals surface area contributed by atoms with E-state index in [1.807, 2.05) is 13.0 Å². The standard InChI is InChI=1S/C14H10BrClO2/c1-8-4-9(6-10(15)5-8)14(18)12-7-11(16)2-3-13(12)17/h2-7,17H,1H3. The molecule has 0 heterocycles. The van der Waals surface area contributed by atoms with E-state index >= 15 is 0 Å². The van der Waals surface area contributed by atoms with Crippen molar-refractivity contribution in [2.45, 2.75) is 6.92 Å². The molecule has 2 nitrogen and oxygen atoms in total. The number of aromatic hydroxyl groups is 1. The van der Waals surface area contributed by atoms with Crippen LogP contribution >= 0.6 is 27.5 Å². The summed E-state index contributed by atoms with van der Waals surface area (Å²) in [6.07, 6.45) is 0. The van der Waals surface area contributed by atoms with Crippen molar-refractivity contribution in [1.29, 1.82) is 0 Å². The smallest absolute Gasteiger partial charge is 0.196 e. The van der Waals surface area contributed by atoms with Gasteiger partial charge in [-0.1, -0.05) is 27.5 Å². The third kappa shape index (κ3) is 2.74. The highest BCUT2D eigenvalue weighted by Crippen LogP contribution is 2.25. The van der Waals surface area contributed by atoms with Gasteiger partial charge in [-0.15, -0.1) is 0 Å². The fourth-order valence-electron chi connectivity index (χ4n) is 1.71. The minimum absolute atomic E-state index is 0.0676. The van der Waals surface area contributed by atoms with Gasteiger partial charge in [0.25, 0.3) is 0 Å². The third-order valence-corrected chi connectivity index (χ3v) is 3.20. The van der Waals surface area contributed by atoms with E-state index < -0.39 is 0 Å². The zero-order valence-corrected chi connectivity index (χ0v) is 11.9. The van der Waals surface area contributed by atoms with Crippen LogP contribution in [0.2, 0.25) is 5.02 Å². The van der Waals surface area contributed by atoms with Gasteiger partial charge in [-0.2, -0.15) is 0 Å². The number of carbonyl (C=O) groups is 1. The zero-order valence-electron chi connectivity index (χ0n) is 9.58. The topological polar surface area (TPSA) is 37.3 Å². The number of hydrogen-bond acceptors (Lipinski definition) is 2. The fourth-order valence-corrected chi connectivity index (χ4v) is 2.49. The second-order valence-electron chi connectivity index (χ2n) is 4.01. The lowest BCUT2D eigenvalue weighted by Crippen LogP contribution is -2.02. The SMILES string of the molecule is Cc1cc(Br)cc(C(=O)c2cc(Cl)ccc2O)c1. The maximum absolute atomic E-state index is 12.3. The van der Waals surface area contributed by atoms with Crippen molar-refractivity contribution < 1.29 is 9.90 Å². The molecular formula is C14H10BrClO2. The van der Waals surface area contributed by atoms with Crippen LogP contribution in [0.25, 0.3) is 0 Å². The summed E-state index contributed by atoms with van der Waals surface area (Å²) >= 11 is 9.18. The van der Waals surface area contributed by atoms with Crippen molar-refractivity contribution in [1.82, 2.24) is 0 Å². The van der Waals surface area contributed by atoms with Crippen molar-refractivity contribution >= 4 is 33.3 Å². The average Bonchev–Trinajstić information content (AvgIpc) is 2.30. The largest absolute Gasteiger partial charge is 0.507 e. The number of phenolic OH excluding ortho intramolecular Hbond substituents is 1. The van der Waals surface area contributed by atoms with Crippen molar-refractivity contribution in [3.8, 4) is 5.75 Å². The first kappa shape index (κ1) is 13.1. The van der Waals surface area contributed by atoms with Crippen LogP contribution in [0.5, 0.6) is 5.75 Å². The van der Waals surface area contributed by atoms with Crippen LogP contribution in [0.3, 0.4) is 0 Å². The molecule has 0 aromatic heterocycles. The molecule has 0 bridgehead atoms. The highest BCUT2D eigenvalue weighted by Gasteiger charge is 2.14. The van der Waals surface area contributed by atoms with Gasteiger partial charge in [-0.3, -0.25) is 4.79 Å². The molecule has 4 heteroatoms. The second kappa shape index (κ2) is 5.12. The Morgan fingerprint density at radius 3 is 2.61 bits per heavy atom. The number of hydrogen-bond donors (Lipinski definition) is 1. The normalized spacial score (nSPS) is 10.4.